The van der Waals surface area contributed by atoms with Gasteiger partial charge in [-0.2, -0.15) is 0 Å². The summed E-state index contributed by atoms with van der Waals surface area (Å²) in [5.74, 6) is 0. The van der Waals surface area contributed by atoms with Crippen LogP contribution in [0.4, 0.5) is 5.69 Å². The zero-order chi connectivity index (χ0) is 10.7. The third kappa shape index (κ3) is 2.70. The van der Waals surface area contributed by atoms with Gasteiger partial charge in [-0.15, -0.1) is 0 Å². The van der Waals surface area contributed by atoms with E-state index in [0.717, 1.165) is 43.7 Å². The Bertz CT molecular complexity index is 327. The molecule has 1 fully saturated rings. The van der Waals surface area contributed by atoms with Crippen LogP contribution in [0.25, 0.3) is 0 Å². The van der Waals surface area contributed by atoms with Crippen LogP contribution in [0, 0.1) is 0 Å². The average Bonchev–Trinajstić information content (AvgIpc) is 2.22. The Balaban J connectivity index is 1.99. The van der Waals surface area contributed by atoms with E-state index in [-0.39, 0.29) is 6.10 Å². The summed E-state index contributed by atoms with van der Waals surface area (Å²) >= 11 is 0. The molecule has 1 aromatic carbocycles. The molecule has 1 aromatic rings. The normalized spacial score (nSPS) is 22.9. The van der Waals surface area contributed by atoms with E-state index in [1.54, 1.807) is 0 Å². The van der Waals surface area contributed by atoms with Crippen molar-refractivity contribution in [2.75, 3.05) is 18.8 Å². The number of nitrogens with two attached hydrogens (primary N) is 1. The number of piperidine rings is 1. The number of para-hydroxylation sites is 1. The maximum atomic E-state index is 9.55. The molecule has 3 heteroatoms. The number of rotatable bonds is 2. The second-order valence-electron chi connectivity index (χ2n) is 4.23. The van der Waals surface area contributed by atoms with Crippen LogP contribution in [0.1, 0.15) is 18.4 Å². The SMILES string of the molecule is Nc1ccccc1CN1CCC[C@@H](O)C1. The standard InChI is InChI=1S/C12H18N2O/c13-12-6-2-1-4-10(12)8-14-7-3-5-11(15)9-14/h1-2,4,6,11,15H,3,5,7-9,13H2/t11-/m1/s1. The molecule has 0 unspecified atom stereocenters. The van der Waals surface area contributed by atoms with Crippen LogP contribution in [0.15, 0.2) is 24.3 Å². The van der Waals surface area contributed by atoms with Gasteiger partial charge in [0.25, 0.3) is 0 Å². The minimum atomic E-state index is -0.163. The molecule has 1 atom stereocenters. The van der Waals surface area contributed by atoms with Crippen molar-refractivity contribution in [2.45, 2.75) is 25.5 Å². The lowest BCUT2D eigenvalue weighted by Crippen LogP contribution is -2.37. The van der Waals surface area contributed by atoms with E-state index in [1.807, 2.05) is 18.2 Å². The molecule has 0 aliphatic carbocycles. The summed E-state index contributed by atoms with van der Waals surface area (Å²) in [7, 11) is 0. The van der Waals surface area contributed by atoms with Gasteiger partial charge in [0.05, 0.1) is 6.10 Å². The van der Waals surface area contributed by atoms with Gasteiger partial charge in [0.1, 0.15) is 0 Å². The highest BCUT2D eigenvalue weighted by atomic mass is 16.3. The first kappa shape index (κ1) is 10.5. The summed E-state index contributed by atoms with van der Waals surface area (Å²) in [5, 5.41) is 9.55. The number of anilines is 1. The molecule has 0 spiro atoms. The van der Waals surface area contributed by atoms with E-state index in [1.165, 1.54) is 0 Å². The molecular weight excluding hydrogens is 188 g/mol. The van der Waals surface area contributed by atoms with Crippen LogP contribution in [-0.4, -0.2) is 29.2 Å². The molecule has 15 heavy (non-hydrogen) atoms. The molecule has 1 saturated heterocycles. The van der Waals surface area contributed by atoms with Crippen molar-refractivity contribution in [3.63, 3.8) is 0 Å². The van der Waals surface area contributed by atoms with Gasteiger partial charge in [0.2, 0.25) is 0 Å². The smallest absolute Gasteiger partial charge is 0.0667 e. The molecule has 0 amide bonds. The van der Waals surface area contributed by atoms with Crippen molar-refractivity contribution >= 4 is 5.69 Å². The van der Waals surface area contributed by atoms with Crippen LogP contribution in [0.5, 0.6) is 0 Å². The van der Waals surface area contributed by atoms with Crippen molar-refractivity contribution in [2.24, 2.45) is 0 Å². The second kappa shape index (κ2) is 4.64. The number of nitrogen functional groups attached to an aromatic ring is 1. The number of benzene rings is 1. The summed E-state index contributed by atoms with van der Waals surface area (Å²) in [5.41, 5.74) is 7.89. The van der Waals surface area contributed by atoms with E-state index in [2.05, 4.69) is 11.0 Å². The van der Waals surface area contributed by atoms with E-state index in [4.69, 9.17) is 5.73 Å². The number of nitrogens with zero attached hydrogens (tertiary/aromatic N) is 1. The number of aliphatic hydroxyl groups is 1. The third-order valence-electron chi connectivity index (χ3n) is 2.93. The lowest BCUT2D eigenvalue weighted by molar-refractivity contribution is 0.0669. The van der Waals surface area contributed by atoms with Crippen LogP contribution in [-0.2, 0) is 6.54 Å². The fourth-order valence-electron chi connectivity index (χ4n) is 2.09. The fourth-order valence-corrected chi connectivity index (χ4v) is 2.09. The zero-order valence-electron chi connectivity index (χ0n) is 8.89. The van der Waals surface area contributed by atoms with Gasteiger partial charge < -0.3 is 10.8 Å². The van der Waals surface area contributed by atoms with Gasteiger partial charge in [-0.3, -0.25) is 4.90 Å². The molecule has 0 saturated carbocycles. The Labute approximate surface area is 90.5 Å². The third-order valence-corrected chi connectivity index (χ3v) is 2.93. The molecule has 0 bridgehead atoms. The number of aliphatic hydroxyl groups excluding tert-OH is 1. The fraction of sp³-hybridized carbons (Fsp3) is 0.500. The molecule has 2 rings (SSSR count). The van der Waals surface area contributed by atoms with Gasteiger partial charge in [-0.05, 0) is 31.0 Å². The number of likely N-dealkylation sites (tertiary alicyclic amines) is 1. The van der Waals surface area contributed by atoms with Crippen molar-refractivity contribution in [3.8, 4) is 0 Å². The van der Waals surface area contributed by atoms with Crippen molar-refractivity contribution in [3.05, 3.63) is 29.8 Å². The summed E-state index contributed by atoms with van der Waals surface area (Å²) in [6, 6.07) is 7.93. The number of hydrogen-bond donors (Lipinski definition) is 2. The first-order valence-corrected chi connectivity index (χ1v) is 5.49. The predicted octanol–water partition coefficient (Wildman–Crippen LogP) is 1.23. The monoisotopic (exact) mass is 206 g/mol. The molecule has 1 aliphatic heterocycles. The lowest BCUT2D eigenvalue weighted by atomic mass is 10.1. The maximum absolute atomic E-state index is 9.55. The Morgan fingerprint density at radius 3 is 2.93 bits per heavy atom. The minimum absolute atomic E-state index is 0.163. The van der Waals surface area contributed by atoms with Crippen LogP contribution < -0.4 is 5.73 Å². The van der Waals surface area contributed by atoms with E-state index in [0.29, 0.717) is 0 Å². The summed E-state index contributed by atoms with van der Waals surface area (Å²) in [6.45, 7) is 2.68. The highest BCUT2D eigenvalue weighted by molar-refractivity contribution is 5.46. The van der Waals surface area contributed by atoms with Gasteiger partial charge in [-0.1, -0.05) is 18.2 Å². The van der Waals surface area contributed by atoms with Crippen LogP contribution >= 0.6 is 0 Å². The average molecular weight is 206 g/mol. The predicted molar refractivity (Wildman–Crippen MR) is 61.4 cm³/mol. The van der Waals surface area contributed by atoms with E-state index < -0.39 is 0 Å². The van der Waals surface area contributed by atoms with Crippen LogP contribution in [0.2, 0.25) is 0 Å². The minimum Gasteiger partial charge on any atom is -0.398 e. The second-order valence-corrected chi connectivity index (χ2v) is 4.23. The Morgan fingerprint density at radius 2 is 2.20 bits per heavy atom. The Hall–Kier alpha value is -1.06. The largest absolute Gasteiger partial charge is 0.398 e. The molecule has 82 valence electrons. The quantitative estimate of drug-likeness (QED) is 0.715. The highest BCUT2D eigenvalue weighted by Crippen LogP contribution is 2.17. The summed E-state index contributed by atoms with van der Waals surface area (Å²) in [4.78, 5) is 2.26. The van der Waals surface area contributed by atoms with Gasteiger partial charge in [0, 0.05) is 18.8 Å². The molecule has 0 radical (unpaired) electrons. The molecule has 3 nitrogen and oxygen atoms in total. The number of β-amino-alcohol motifs (C(OH)–C–C–N with tert-alkyl or cyclic N) is 1. The zero-order valence-corrected chi connectivity index (χ0v) is 8.89. The number of hydrogen-bond acceptors (Lipinski definition) is 3. The van der Waals surface area contributed by atoms with Gasteiger partial charge >= 0.3 is 0 Å². The Kier molecular flexibility index (Phi) is 3.23. The first-order valence-electron chi connectivity index (χ1n) is 5.49. The molecule has 0 aromatic heterocycles. The molecule has 1 aliphatic rings. The van der Waals surface area contributed by atoms with Crippen molar-refractivity contribution in [1.29, 1.82) is 0 Å². The van der Waals surface area contributed by atoms with Crippen molar-refractivity contribution in [1.82, 2.24) is 4.90 Å². The van der Waals surface area contributed by atoms with Gasteiger partial charge in [-0.25, -0.2) is 0 Å². The van der Waals surface area contributed by atoms with Crippen LogP contribution in [0.3, 0.4) is 0 Å². The lowest BCUT2D eigenvalue weighted by Gasteiger charge is -2.30. The van der Waals surface area contributed by atoms with E-state index in [9.17, 15) is 5.11 Å². The van der Waals surface area contributed by atoms with Gasteiger partial charge in [0.15, 0.2) is 0 Å². The maximum Gasteiger partial charge on any atom is 0.0667 e. The first-order chi connectivity index (χ1) is 7.25. The summed E-state index contributed by atoms with van der Waals surface area (Å²) in [6.07, 6.45) is 1.85. The topological polar surface area (TPSA) is 49.5 Å². The molecular formula is C12H18N2O. The van der Waals surface area contributed by atoms with Crippen molar-refractivity contribution < 1.29 is 5.11 Å². The molecule has 3 N–H and O–H groups in total. The molecule has 1 heterocycles. The Morgan fingerprint density at radius 1 is 1.40 bits per heavy atom. The highest BCUT2D eigenvalue weighted by Gasteiger charge is 2.17. The summed E-state index contributed by atoms with van der Waals surface area (Å²) < 4.78 is 0. The van der Waals surface area contributed by atoms with E-state index >= 15 is 0 Å².